The highest BCUT2D eigenvalue weighted by molar-refractivity contribution is 8.82. The number of carbonyl (C=O) groups excluding carboxylic acids is 6. The first-order chi connectivity index (χ1) is 19.9. The van der Waals surface area contributed by atoms with Crippen LogP contribution in [0.1, 0.15) is 39.4 Å². The molecule has 12 nitrogen and oxygen atoms in total. The van der Waals surface area contributed by atoms with E-state index >= 15 is 0 Å². The minimum atomic E-state index is -1.08. The lowest BCUT2D eigenvalue weighted by Crippen LogP contribution is -2.44. The molecule has 0 spiro atoms. The molecule has 0 fully saturated rings. The van der Waals surface area contributed by atoms with Gasteiger partial charge in [0.05, 0.1) is 35.7 Å². The third-order valence-corrected chi connectivity index (χ3v) is 11.5. The van der Waals surface area contributed by atoms with E-state index in [9.17, 15) is 28.8 Å². The first-order valence-corrected chi connectivity index (χ1v) is 19.1. The summed E-state index contributed by atoms with van der Waals surface area (Å²) in [7, 11) is 3.79. The number of thiol groups is 2. The van der Waals surface area contributed by atoms with Gasteiger partial charge in [-0.3, -0.25) is 19.2 Å². The highest BCUT2D eigenvalue weighted by Crippen LogP contribution is 2.27. The SMILES string of the molecule is CCOC(=O)C(CSSC(=O)[C@@H](N)CS)NC(=O)c1csc(C(=O)NC(CSSC(=O)[C@@H](N)CS)C(=O)OCC)c1C. The van der Waals surface area contributed by atoms with Gasteiger partial charge in [-0.05, 0) is 47.9 Å². The predicted molar refractivity (Wildman–Crippen MR) is 179 cm³/mol. The van der Waals surface area contributed by atoms with Crippen molar-refractivity contribution in [1.82, 2.24) is 10.6 Å². The van der Waals surface area contributed by atoms with E-state index in [1.165, 1.54) is 5.38 Å². The third-order valence-electron chi connectivity index (χ3n) is 4.99. The van der Waals surface area contributed by atoms with Crippen LogP contribution in [0.15, 0.2) is 5.38 Å². The molecule has 0 saturated heterocycles. The van der Waals surface area contributed by atoms with Crippen LogP contribution in [-0.2, 0) is 28.7 Å². The van der Waals surface area contributed by atoms with Crippen LogP contribution >= 0.6 is 79.8 Å². The van der Waals surface area contributed by atoms with Crippen LogP contribution in [-0.4, -0.2) is 94.4 Å². The van der Waals surface area contributed by atoms with Crippen molar-refractivity contribution in [2.45, 2.75) is 44.9 Å². The Morgan fingerprint density at radius 1 is 0.833 bits per heavy atom. The molecule has 1 aromatic rings. The van der Waals surface area contributed by atoms with Crippen LogP contribution in [0.2, 0.25) is 0 Å². The fourth-order valence-corrected chi connectivity index (χ4v) is 8.45. The molecule has 0 aliphatic carbocycles. The molecule has 0 aliphatic heterocycles. The lowest BCUT2D eigenvalue weighted by Gasteiger charge is -2.17. The quantitative estimate of drug-likeness (QED) is 0.0729. The molecule has 42 heavy (non-hydrogen) atoms. The number of carbonyl (C=O) groups is 6. The summed E-state index contributed by atoms with van der Waals surface area (Å²) in [5.74, 6) is -2.23. The fraction of sp³-hybridized carbons (Fsp3) is 0.565. The molecule has 1 aromatic heterocycles. The van der Waals surface area contributed by atoms with Crippen LogP contribution in [0.4, 0.5) is 0 Å². The van der Waals surface area contributed by atoms with Crippen LogP contribution in [0, 0.1) is 6.92 Å². The second-order valence-electron chi connectivity index (χ2n) is 8.11. The van der Waals surface area contributed by atoms with Gasteiger partial charge in [-0.25, -0.2) is 9.59 Å². The van der Waals surface area contributed by atoms with Gasteiger partial charge in [0.15, 0.2) is 0 Å². The summed E-state index contributed by atoms with van der Waals surface area (Å²) >= 11 is 8.96. The van der Waals surface area contributed by atoms with Crippen molar-refractivity contribution < 1.29 is 38.2 Å². The van der Waals surface area contributed by atoms with Crippen LogP contribution in [0.3, 0.4) is 0 Å². The maximum Gasteiger partial charge on any atom is 0.329 e. The summed E-state index contributed by atoms with van der Waals surface area (Å²) in [5.41, 5.74) is 11.8. The Morgan fingerprint density at radius 2 is 1.26 bits per heavy atom. The Morgan fingerprint density at radius 3 is 1.67 bits per heavy atom. The van der Waals surface area contributed by atoms with Crippen molar-refractivity contribution in [3.05, 3.63) is 21.4 Å². The number of nitrogens with two attached hydrogens (primary N) is 2. The number of amides is 2. The molecule has 6 N–H and O–H groups in total. The molecule has 0 aromatic carbocycles. The highest BCUT2D eigenvalue weighted by atomic mass is 33.1. The average molecular weight is 719 g/mol. The second-order valence-corrected chi connectivity index (χ2v) is 14.4. The minimum Gasteiger partial charge on any atom is -0.464 e. The number of hydrogen-bond donors (Lipinski definition) is 6. The topological polar surface area (TPSA) is 197 Å². The lowest BCUT2D eigenvalue weighted by atomic mass is 10.1. The number of esters is 2. The van der Waals surface area contributed by atoms with Gasteiger partial charge in [-0.2, -0.15) is 25.3 Å². The first-order valence-electron chi connectivity index (χ1n) is 12.3. The lowest BCUT2D eigenvalue weighted by molar-refractivity contribution is -0.145. The van der Waals surface area contributed by atoms with Gasteiger partial charge in [0.2, 0.25) is 10.2 Å². The summed E-state index contributed by atoms with van der Waals surface area (Å²) in [6, 6.07) is -3.68. The van der Waals surface area contributed by atoms with Gasteiger partial charge in [0, 0.05) is 28.4 Å². The fourth-order valence-electron chi connectivity index (χ4n) is 2.74. The van der Waals surface area contributed by atoms with Gasteiger partial charge in [-0.15, -0.1) is 11.3 Å². The molecule has 0 aliphatic rings. The zero-order chi connectivity index (χ0) is 31.8. The average Bonchev–Trinajstić information content (AvgIpc) is 3.36. The van der Waals surface area contributed by atoms with E-state index in [1.807, 2.05) is 0 Å². The summed E-state index contributed by atoms with van der Waals surface area (Å²) < 4.78 is 10.1. The molecule has 0 radical (unpaired) electrons. The number of hydrogen-bond acceptors (Lipinski definition) is 17. The van der Waals surface area contributed by atoms with E-state index in [-0.39, 0.29) is 56.9 Å². The van der Waals surface area contributed by atoms with Crippen LogP contribution in [0.25, 0.3) is 0 Å². The number of thiophene rings is 1. The van der Waals surface area contributed by atoms with Gasteiger partial charge in [0.25, 0.3) is 11.8 Å². The summed E-state index contributed by atoms with van der Waals surface area (Å²) in [6.07, 6.45) is 0. The van der Waals surface area contributed by atoms with Gasteiger partial charge in [0.1, 0.15) is 12.1 Å². The van der Waals surface area contributed by atoms with Crippen molar-refractivity contribution in [1.29, 1.82) is 0 Å². The second kappa shape index (κ2) is 20.8. The molecular formula is C23H34N4O8S7. The predicted octanol–water partition coefficient (Wildman–Crippen LogP) is 1.71. The van der Waals surface area contributed by atoms with E-state index in [2.05, 4.69) is 35.9 Å². The van der Waals surface area contributed by atoms with E-state index in [4.69, 9.17) is 20.9 Å². The molecule has 2 unspecified atom stereocenters. The molecular weight excluding hydrogens is 685 g/mol. The summed E-state index contributed by atoms with van der Waals surface area (Å²) in [6.45, 7) is 4.98. The number of rotatable bonds is 18. The smallest absolute Gasteiger partial charge is 0.329 e. The Balaban J connectivity index is 2.96. The Bertz CT molecular complexity index is 1030. The van der Waals surface area contributed by atoms with Crippen molar-refractivity contribution in [2.75, 3.05) is 36.2 Å². The van der Waals surface area contributed by atoms with Crippen LogP contribution in [0.5, 0.6) is 0 Å². The van der Waals surface area contributed by atoms with E-state index < -0.39 is 47.9 Å². The van der Waals surface area contributed by atoms with Crippen molar-refractivity contribution in [3.63, 3.8) is 0 Å². The monoisotopic (exact) mass is 718 g/mol. The van der Waals surface area contributed by atoms with Crippen molar-refractivity contribution in [3.8, 4) is 0 Å². The highest BCUT2D eigenvalue weighted by Gasteiger charge is 2.29. The summed E-state index contributed by atoms with van der Waals surface area (Å²) in [5, 5.41) is 6.02. The molecule has 0 saturated carbocycles. The summed E-state index contributed by atoms with van der Waals surface area (Å²) in [4.78, 5) is 75.2. The van der Waals surface area contributed by atoms with Gasteiger partial charge in [-0.1, -0.05) is 21.6 Å². The largest absolute Gasteiger partial charge is 0.464 e. The van der Waals surface area contributed by atoms with Crippen molar-refractivity contribution in [2.24, 2.45) is 11.5 Å². The number of ether oxygens (including phenoxy) is 2. The van der Waals surface area contributed by atoms with Gasteiger partial charge >= 0.3 is 11.9 Å². The third kappa shape index (κ3) is 12.9. The Hall–Kier alpha value is -1.06. The first kappa shape index (κ1) is 39.0. The van der Waals surface area contributed by atoms with E-state index in [0.717, 1.165) is 54.5 Å². The van der Waals surface area contributed by atoms with Gasteiger partial charge < -0.3 is 31.6 Å². The van der Waals surface area contributed by atoms with E-state index in [1.54, 1.807) is 20.8 Å². The normalized spacial score (nSPS) is 13.8. The molecule has 2 amide bonds. The van der Waals surface area contributed by atoms with Crippen LogP contribution < -0.4 is 22.1 Å². The Labute approximate surface area is 275 Å². The number of nitrogens with one attached hydrogen (secondary N) is 2. The Kier molecular flexibility index (Phi) is 19.3. The molecule has 236 valence electrons. The zero-order valence-electron chi connectivity index (χ0n) is 23.0. The van der Waals surface area contributed by atoms with Crippen molar-refractivity contribution >= 4 is 114 Å². The maximum absolute atomic E-state index is 13.1. The minimum absolute atomic E-state index is 0.0229. The zero-order valence-corrected chi connectivity index (χ0v) is 28.9. The molecule has 4 atom stereocenters. The molecule has 1 rings (SSSR count). The van der Waals surface area contributed by atoms with E-state index in [0.29, 0.717) is 5.56 Å². The maximum atomic E-state index is 13.1. The standard InChI is InChI=1S/C23H34N4O8S7/c1-4-34-20(30)15(9-39-41-22(32)13(24)6-36)26-18(28)12-8-38-17(11(12)3)19(29)27-16(21(31)35-5-2)10-40-42-23(33)14(25)7-37/h8,13-16,36-37H,4-7,9-10,24-25H2,1-3H3,(H,26,28)(H,27,29)/t13-,14-,15?,16?/m0/s1. The molecule has 0 bridgehead atoms. The molecule has 1 heterocycles. The molecule has 19 heteroatoms.